The van der Waals surface area contributed by atoms with Crippen molar-refractivity contribution in [1.29, 1.82) is 0 Å². The number of ether oxygens (including phenoxy) is 1. The maximum Gasteiger partial charge on any atom is 0.260 e. The van der Waals surface area contributed by atoms with Gasteiger partial charge in [0.1, 0.15) is 5.75 Å². The number of hydrogen-bond acceptors (Lipinski definition) is 3. The zero-order valence-corrected chi connectivity index (χ0v) is 17.7. The van der Waals surface area contributed by atoms with E-state index in [1.165, 1.54) is 5.56 Å². The van der Waals surface area contributed by atoms with Gasteiger partial charge in [0.2, 0.25) is 5.91 Å². The van der Waals surface area contributed by atoms with E-state index >= 15 is 0 Å². The Kier molecular flexibility index (Phi) is 6.90. The second kappa shape index (κ2) is 8.77. The van der Waals surface area contributed by atoms with Gasteiger partial charge < -0.3 is 14.5 Å². The molecule has 0 radical (unpaired) electrons. The fourth-order valence-electron chi connectivity index (χ4n) is 3.27. The van der Waals surface area contributed by atoms with E-state index in [0.717, 1.165) is 11.3 Å². The predicted octanol–water partition coefficient (Wildman–Crippen LogP) is 3.39. The molecule has 0 saturated carbocycles. The van der Waals surface area contributed by atoms with Gasteiger partial charge in [0.25, 0.3) is 5.91 Å². The molecule has 1 saturated heterocycles. The Hall–Kier alpha value is -2.04. The van der Waals surface area contributed by atoms with E-state index in [1.54, 1.807) is 4.90 Å². The Bertz CT molecular complexity index is 669. The molecule has 0 atom stereocenters. The van der Waals surface area contributed by atoms with Crippen LogP contribution in [0.2, 0.25) is 0 Å². The van der Waals surface area contributed by atoms with Gasteiger partial charge in [0.05, 0.1) is 0 Å². The molecule has 0 aliphatic carbocycles. The molecule has 1 aliphatic heterocycles. The fourth-order valence-corrected chi connectivity index (χ4v) is 3.27. The molecule has 0 N–H and O–H groups in total. The maximum atomic E-state index is 12.6. The summed E-state index contributed by atoms with van der Waals surface area (Å²) in [6.07, 6.45) is 0.570. The highest BCUT2D eigenvalue weighted by Gasteiger charge is 2.25. The predicted molar refractivity (Wildman–Crippen MR) is 108 cm³/mol. The van der Waals surface area contributed by atoms with Crippen LogP contribution in [0, 0.1) is 12.8 Å². The van der Waals surface area contributed by atoms with Gasteiger partial charge in [-0.15, -0.1) is 0 Å². The number of carbonyl (C=O) groups excluding carboxylic acids is 2. The average molecular weight is 375 g/mol. The van der Waals surface area contributed by atoms with Crippen LogP contribution in [-0.2, 0) is 15.0 Å². The molecule has 5 nitrogen and oxygen atoms in total. The minimum absolute atomic E-state index is 0.0219. The van der Waals surface area contributed by atoms with Crippen LogP contribution in [0.1, 0.15) is 52.2 Å². The van der Waals surface area contributed by atoms with Crippen molar-refractivity contribution in [2.45, 2.75) is 53.4 Å². The quantitative estimate of drug-likeness (QED) is 0.794. The summed E-state index contributed by atoms with van der Waals surface area (Å²) in [5.74, 6) is 1.29. The highest BCUT2D eigenvalue weighted by atomic mass is 16.5. The fraction of sp³-hybridized carbons (Fsp3) is 0.636. The summed E-state index contributed by atoms with van der Waals surface area (Å²) >= 11 is 0. The summed E-state index contributed by atoms with van der Waals surface area (Å²) in [6.45, 7) is 15.0. The van der Waals surface area contributed by atoms with Gasteiger partial charge in [-0.05, 0) is 29.9 Å². The van der Waals surface area contributed by atoms with E-state index < -0.39 is 0 Å². The first-order valence-electron chi connectivity index (χ1n) is 9.87. The first kappa shape index (κ1) is 21.3. The molecule has 2 amide bonds. The molecular formula is C22H34N2O3. The lowest BCUT2D eigenvalue weighted by Gasteiger charge is -2.35. The zero-order chi connectivity index (χ0) is 20.2. The summed E-state index contributed by atoms with van der Waals surface area (Å²) in [5, 5.41) is 0. The third-order valence-electron chi connectivity index (χ3n) is 4.86. The Labute approximate surface area is 163 Å². The maximum absolute atomic E-state index is 12.6. The number of piperazine rings is 1. The summed E-state index contributed by atoms with van der Waals surface area (Å²) in [7, 11) is 0. The molecule has 2 rings (SSSR count). The van der Waals surface area contributed by atoms with Crippen LogP contribution < -0.4 is 4.74 Å². The molecule has 1 aromatic rings. The number of carbonyl (C=O) groups is 2. The van der Waals surface area contributed by atoms with Gasteiger partial charge in [0.15, 0.2) is 6.61 Å². The van der Waals surface area contributed by atoms with Crippen molar-refractivity contribution in [3.8, 4) is 5.75 Å². The van der Waals surface area contributed by atoms with Crippen molar-refractivity contribution in [3.05, 3.63) is 29.3 Å². The molecule has 27 heavy (non-hydrogen) atoms. The highest BCUT2D eigenvalue weighted by Crippen LogP contribution is 2.32. The van der Waals surface area contributed by atoms with E-state index in [2.05, 4.69) is 33.8 Å². The molecule has 1 heterocycles. The van der Waals surface area contributed by atoms with Gasteiger partial charge in [0, 0.05) is 32.6 Å². The first-order valence-corrected chi connectivity index (χ1v) is 9.87. The SMILES string of the molecule is Cc1ccc(OCC(=O)N2CCN(C(=O)CC(C)C)CC2)c(C(C)(C)C)c1. The van der Waals surface area contributed by atoms with Gasteiger partial charge >= 0.3 is 0 Å². The van der Waals surface area contributed by atoms with Gasteiger partial charge in [-0.25, -0.2) is 0 Å². The third kappa shape index (κ3) is 5.98. The molecule has 1 aliphatic rings. The molecule has 0 bridgehead atoms. The number of amides is 2. The molecule has 0 aromatic heterocycles. The Morgan fingerprint density at radius 2 is 1.59 bits per heavy atom. The lowest BCUT2D eigenvalue weighted by molar-refractivity contribution is -0.141. The monoisotopic (exact) mass is 374 g/mol. The van der Waals surface area contributed by atoms with Crippen molar-refractivity contribution in [2.24, 2.45) is 5.92 Å². The normalized spacial score (nSPS) is 15.2. The first-order chi connectivity index (χ1) is 12.6. The smallest absolute Gasteiger partial charge is 0.260 e. The number of hydrogen-bond donors (Lipinski definition) is 0. The van der Waals surface area contributed by atoms with Crippen LogP contribution in [0.5, 0.6) is 5.75 Å². The molecule has 1 fully saturated rings. The highest BCUT2D eigenvalue weighted by molar-refractivity contribution is 5.79. The van der Waals surface area contributed by atoms with E-state index in [9.17, 15) is 9.59 Å². The Morgan fingerprint density at radius 3 is 2.11 bits per heavy atom. The van der Waals surface area contributed by atoms with E-state index in [0.29, 0.717) is 38.5 Å². The minimum atomic E-state index is -0.0488. The number of benzene rings is 1. The third-order valence-corrected chi connectivity index (χ3v) is 4.86. The number of nitrogens with zero attached hydrogens (tertiary/aromatic N) is 2. The Balaban J connectivity index is 1.90. The summed E-state index contributed by atoms with van der Waals surface area (Å²) in [4.78, 5) is 28.4. The van der Waals surface area contributed by atoms with Gasteiger partial charge in [-0.1, -0.05) is 52.3 Å². The van der Waals surface area contributed by atoms with E-state index in [1.807, 2.05) is 30.9 Å². The van der Waals surface area contributed by atoms with Gasteiger partial charge in [-0.2, -0.15) is 0 Å². The number of rotatable bonds is 5. The lowest BCUT2D eigenvalue weighted by atomic mass is 9.85. The molecule has 5 heteroatoms. The van der Waals surface area contributed by atoms with E-state index in [4.69, 9.17) is 4.74 Å². The van der Waals surface area contributed by atoms with Crippen molar-refractivity contribution in [3.63, 3.8) is 0 Å². The van der Waals surface area contributed by atoms with Crippen molar-refractivity contribution in [1.82, 2.24) is 9.80 Å². The topological polar surface area (TPSA) is 49.9 Å². The molecule has 0 spiro atoms. The van der Waals surface area contributed by atoms with Crippen LogP contribution >= 0.6 is 0 Å². The second-order valence-corrected chi connectivity index (χ2v) is 8.90. The molecule has 150 valence electrons. The molecule has 1 aromatic carbocycles. The van der Waals surface area contributed by atoms with Crippen LogP contribution in [-0.4, -0.2) is 54.4 Å². The standard InChI is InChI=1S/C22H34N2O3/c1-16(2)13-20(25)23-9-11-24(12-10-23)21(26)15-27-19-8-7-17(3)14-18(19)22(4,5)6/h7-8,14,16H,9-13,15H2,1-6H3. The van der Waals surface area contributed by atoms with Crippen LogP contribution in [0.25, 0.3) is 0 Å². The summed E-state index contributed by atoms with van der Waals surface area (Å²) in [5.41, 5.74) is 2.24. The molecular weight excluding hydrogens is 340 g/mol. The van der Waals surface area contributed by atoms with Crippen LogP contribution in [0.4, 0.5) is 0 Å². The van der Waals surface area contributed by atoms with Crippen molar-refractivity contribution < 1.29 is 14.3 Å². The van der Waals surface area contributed by atoms with Crippen LogP contribution in [0.3, 0.4) is 0 Å². The largest absolute Gasteiger partial charge is 0.483 e. The van der Waals surface area contributed by atoms with Gasteiger partial charge in [-0.3, -0.25) is 9.59 Å². The second-order valence-electron chi connectivity index (χ2n) is 8.90. The van der Waals surface area contributed by atoms with Crippen molar-refractivity contribution >= 4 is 11.8 Å². The Morgan fingerprint density at radius 1 is 1.04 bits per heavy atom. The minimum Gasteiger partial charge on any atom is -0.483 e. The summed E-state index contributed by atoms with van der Waals surface area (Å²) < 4.78 is 5.89. The van der Waals surface area contributed by atoms with Crippen LogP contribution in [0.15, 0.2) is 18.2 Å². The zero-order valence-electron chi connectivity index (χ0n) is 17.7. The molecule has 0 unspecified atom stereocenters. The lowest BCUT2D eigenvalue weighted by Crippen LogP contribution is -2.51. The van der Waals surface area contributed by atoms with Crippen molar-refractivity contribution in [2.75, 3.05) is 32.8 Å². The van der Waals surface area contributed by atoms with E-state index in [-0.39, 0.29) is 23.8 Å². The average Bonchev–Trinajstić information content (AvgIpc) is 2.59. The summed E-state index contributed by atoms with van der Waals surface area (Å²) in [6, 6.07) is 6.08. The number of aryl methyl sites for hydroxylation is 1.